The fraction of sp³-hybridized carbons (Fsp3) is 0.286. The number of phenols is 1. The highest BCUT2D eigenvalue weighted by Gasteiger charge is 2.20. The molecule has 29 heavy (non-hydrogen) atoms. The van der Waals surface area contributed by atoms with E-state index in [2.05, 4.69) is 4.90 Å². The third kappa shape index (κ3) is 5.32. The zero-order chi connectivity index (χ0) is 20.8. The SMILES string of the molecule is COc1cc(/C=C/C(=O)N2CCN(Cc3cccc([N+](=O)[O-])c3)CC2)ccc1O. The molecule has 0 aromatic heterocycles. The molecule has 1 heterocycles. The summed E-state index contributed by atoms with van der Waals surface area (Å²) in [5, 5.41) is 20.5. The van der Waals surface area contributed by atoms with Gasteiger partial charge in [0, 0.05) is 50.9 Å². The quantitative estimate of drug-likeness (QED) is 0.457. The van der Waals surface area contributed by atoms with Gasteiger partial charge in [0.05, 0.1) is 12.0 Å². The number of non-ortho nitro benzene ring substituents is 1. The molecule has 0 aliphatic carbocycles. The lowest BCUT2D eigenvalue weighted by Crippen LogP contribution is -2.47. The van der Waals surface area contributed by atoms with Crippen molar-refractivity contribution < 1.29 is 19.6 Å². The highest BCUT2D eigenvalue weighted by Crippen LogP contribution is 2.26. The molecule has 0 bridgehead atoms. The summed E-state index contributed by atoms with van der Waals surface area (Å²) in [7, 11) is 1.47. The predicted octanol–water partition coefficient (Wildman–Crippen LogP) is 2.67. The van der Waals surface area contributed by atoms with E-state index < -0.39 is 4.92 Å². The highest BCUT2D eigenvalue weighted by atomic mass is 16.6. The molecule has 1 amide bonds. The molecule has 2 aromatic carbocycles. The summed E-state index contributed by atoms with van der Waals surface area (Å²) in [6.45, 7) is 3.21. The van der Waals surface area contributed by atoms with Gasteiger partial charge in [-0.3, -0.25) is 19.8 Å². The molecule has 2 aromatic rings. The Balaban J connectivity index is 1.53. The van der Waals surface area contributed by atoms with Gasteiger partial charge in [-0.05, 0) is 29.3 Å². The second-order valence-electron chi connectivity index (χ2n) is 6.79. The number of carbonyl (C=O) groups excluding carboxylic acids is 1. The van der Waals surface area contributed by atoms with Crippen LogP contribution >= 0.6 is 0 Å². The van der Waals surface area contributed by atoms with E-state index in [1.54, 1.807) is 35.2 Å². The van der Waals surface area contributed by atoms with Crippen molar-refractivity contribution in [3.05, 3.63) is 69.8 Å². The molecule has 0 spiro atoms. The Morgan fingerprint density at radius 1 is 1.21 bits per heavy atom. The molecule has 0 saturated carbocycles. The van der Waals surface area contributed by atoms with Crippen LogP contribution in [-0.4, -0.2) is 59.0 Å². The molecular formula is C21H23N3O5. The van der Waals surface area contributed by atoms with Gasteiger partial charge in [-0.2, -0.15) is 0 Å². The maximum atomic E-state index is 12.4. The smallest absolute Gasteiger partial charge is 0.269 e. The first-order valence-electron chi connectivity index (χ1n) is 9.26. The van der Waals surface area contributed by atoms with Crippen LogP contribution in [0.2, 0.25) is 0 Å². The van der Waals surface area contributed by atoms with Gasteiger partial charge in [0.2, 0.25) is 5.91 Å². The van der Waals surface area contributed by atoms with Crippen molar-refractivity contribution in [3.63, 3.8) is 0 Å². The zero-order valence-electron chi connectivity index (χ0n) is 16.2. The molecule has 0 atom stereocenters. The summed E-state index contributed by atoms with van der Waals surface area (Å²) in [6.07, 6.45) is 3.21. The lowest BCUT2D eigenvalue weighted by Gasteiger charge is -2.34. The third-order valence-corrected chi connectivity index (χ3v) is 4.83. The number of rotatable bonds is 6. The highest BCUT2D eigenvalue weighted by molar-refractivity contribution is 5.92. The molecule has 1 N–H and O–H groups in total. The number of methoxy groups -OCH3 is 1. The summed E-state index contributed by atoms with van der Waals surface area (Å²) in [6, 6.07) is 11.5. The van der Waals surface area contributed by atoms with Crippen LogP contribution in [0.25, 0.3) is 6.08 Å². The largest absolute Gasteiger partial charge is 0.504 e. The molecule has 1 aliphatic rings. The van der Waals surface area contributed by atoms with Crippen molar-refractivity contribution in [3.8, 4) is 11.5 Å². The van der Waals surface area contributed by atoms with Crippen molar-refractivity contribution in [1.29, 1.82) is 0 Å². The summed E-state index contributed by atoms with van der Waals surface area (Å²) >= 11 is 0. The van der Waals surface area contributed by atoms with Crippen LogP contribution in [0.5, 0.6) is 11.5 Å². The van der Waals surface area contributed by atoms with Crippen LogP contribution in [0.1, 0.15) is 11.1 Å². The molecule has 1 aliphatic heterocycles. The second-order valence-corrected chi connectivity index (χ2v) is 6.79. The van der Waals surface area contributed by atoms with Gasteiger partial charge in [-0.25, -0.2) is 0 Å². The van der Waals surface area contributed by atoms with Crippen LogP contribution in [0, 0.1) is 10.1 Å². The van der Waals surface area contributed by atoms with E-state index in [0.29, 0.717) is 38.5 Å². The van der Waals surface area contributed by atoms with E-state index in [-0.39, 0.29) is 17.3 Å². The van der Waals surface area contributed by atoms with Crippen LogP contribution in [0.4, 0.5) is 5.69 Å². The average molecular weight is 397 g/mol. The zero-order valence-corrected chi connectivity index (χ0v) is 16.2. The van der Waals surface area contributed by atoms with E-state index in [1.165, 1.54) is 25.3 Å². The number of amides is 1. The van der Waals surface area contributed by atoms with Crippen LogP contribution < -0.4 is 4.74 Å². The van der Waals surface area contributed by atoms with Crippen molar-refractivity contribution in [2.45, 2.75) is 6.54 Å². The Morgan fingerprint density at radius 2 is 1.97 bits per heavy atom. The number of phenolic OH excluding ortho intramolecular Hbond substituents is 1. The normalized spacial score (nSPS) is 14.9. The second kappa shape index (κ2) is 9.20. The molecule has 152 valence electrons. The van der Waals surface area contributed by atoms with Crippen molar-refractivity contribution >= 4 is 17.7 Å². The first kappa shape index (κ1) is 20.3. The van der Waals surface area contributed by atoms with Crippen LogP contribution in [0.15, 0.2) is 48.5 Å². The molecule has 0 radical (unpaired) electrons. The number of ether oxygens (including phenoxy) is 1. The maximum absolute atomic E-state index is 12.4. The molecule has 8 nitrogen and oxygen atoms in total. The lowest BCUT2D eigenvalue weighted by molar-refractivity contribution is -0.384. The molecule has 1 fully saturated rings. The van der Waals surface area contributed by atoms with E-state index in [1.807, 2.05) is 6.07 Å². The number of carbonyl (C=O) groups is 1. The minimum absolute atomic E-state index is 0.0517. The van der Waals surface area contributed by atoms with Gasteiger partial charge < -0.3 is 14.7 Å². The minimum Gasteiger partial charge on any atom is -0.504 e. The predicted molar refractivity (Wildman–Crippen MR) is 109 cm³/mol. The van der Waals surface area contributed by atoms with Gasteiger partial charge in [-0.1, -0.05) is 18.2 Å². The van der Waals surface area contributed by atoms with Gasteiger partial charge >= 0.3 is 0 Å². The lowest BCUT2D eigenvalue weighted by atomic mass is 10.1. The molecule has 1 saturated heterocycles. The van der Waals surface area contributed by atoms with Crippen molar-refractivity contribution in [2.24, 2.45) is 0 Å². The Bertz CT molecular complexity index is 920. The third-order valence-electron chi connectivity index (χ3n) is 4.83. The molecule has 3 rings (SSSR count). The van der Waals surface area contributed by atoms with Crippen molar-refractivity contribution in [1.82, 2.24) is 9.80 Å². The van der Waals surface area contributed by atoms with Crippen molar-refractivity contribution in [2.75, 3.05) is 33.3 Å². The summed E-state index contributed by atoms with van der Waals surface area (Å²) in [5.41, 5.74) is 1.74. The van der Waals surface area contributed by atoms with Crippen LogP contribution in [-0.2, 0) is 11.3 Å². The molecular weight excluding hydrogens is 374 g/mol. The molecule has 0 unspecified atom stereocenters. The number of nitro benzene ring substituents is 1. The van der Waals surface area contributed by atoms with Gasteiger partial charge in [0.1, 0.15) is 0 Å². The van der Waals surface area contributed by atoms with Gasteiger partial charge in [0.15, 0.2) is 11.5 Å². The number of benzene rings is 2. The fourth-order valence-electron chi connectivity index (χ4n) is 3.22. The Labute approximate surface area is 168 Å². The first-order chi connectivity index (χ1) is 14.0. The van der Waals surface area contributed by atoms with E-state index in [4.69, 9.17) is 4.74 Å². The van der Waals surface area contributed by atoms with Gasteiger partial charge in [-0.15, -0.1) is 0 Å². The summed E-state index contributed by atoms with van der Waals surface area (Å²) in [5.74, 6) is 0.331. The van der Waals surface area contributed by atoms with E-state index >= 15 is 0 Å². The minimum atomic E-state index is -0.393. The standard InChI is InChI=1S/C21H23N3O5/c1-29-20-14-16(5-7-19(20)25)6-8-21(26)23-11-9-22(10-12-23)15-17-3-2-4-18(13-17)24(27)28/h2-8,13-14,25H,9-12,15H2,1H3/b8-6+. The van der Waals surface area contributed by atoms with E-state index in [0.717, 1.165) is 11.1 Å². The number of piperazine rings is 1. The fourth-order valence-corrected chi connectivity index (χ4v) is 3.22. The monoisotopic (exact) mass is 397 g/mol. The molecule has 8 heteroatoms. The van der Waals surface area contributed by atoms with E-state index in [9.17, 15) is 20.0 Å². The maximum Gasteiger partial charge on any atom is 0.269 e. The Hall–Kier alpha value is -3.39. The summed E-state index contributed by atoms with van der Waals surface area (Å²) < 4.78 is 5.07. The first-order valence-corrected chi connectivity index (χ1v) is 9.26. The number of hydrogen-bond donors (Lipinski definition) is 1. The number of hydrogen-bond acceptors (Lipinski definition) is 6. The van der Waals surface area contributed by atoms with Crippen LogP contribution in [0.3, 0.4) is 0 Å². The Kier molecular flexibility index (Phi) is 6.46. The average Bonchev–Trinajstić information content (AvgIpc) is 2.73. The van der Waals surface area contributed by atoms with Gasteiger partial charge in [0.25, 0.3) is 5.69 Å². The number of nitrogens with zero attached hydrogens (tertiary/aromatic N) is 3. The summed E-state index contributed by atoms with van der Waals surface area (Å²) in [4.78, 5) is 26.9. The number of nitro groups is 1. The Morgan fingerprint density at radius 3 is 2.66 bits per heavy atom. The topological polar surface area (TPSA) is 96.2 Å². The number of aromatic hydroxyl groups is 1.